The molecular formula is C32H34N2O8S. The van der Waals surface area contributed by atoms with Crippen molar-refractivity contribution >= 4 is 21.8 Å². The first-order valence-corrected chi connectivity index (χ1v) is 14.8. The van der Waals surface area contributed by atoms with Crippen LogP contribution in [0.4, 0.5) is 5.69 Å². The molecule has 0 unspecified atom stereocenters. The molecule has 0 saturated heterocycles. The number of nitrogens with zero attached hydrogens (tertiary/aromatic N) is 2. The third kappa shape index (κ3) is 10.3. The summed E-state index contributed by atoms with van der Waals surface area (Å²) in [7, 11) is -2.76. The molecule has 0 aliphatic heterocycles. The SMILES string of the molecule is COc1ccc(C(=O)OCCN(Cc2ccccc2C)Cc2ccccc2C)cc1.O=[N+]([O-])c1cccc(S(=O)(=O)O)c1. The van der Waals surface area contributed by atoms with Crippen LogP contribution >= 0.6 is 0 Å². The van der Waals surface area contributed by atoms with Crippen molar-refractivity contribution < 1.29 is 32.2 Å². The maximum Gasteiger partial charge on any atom is 0.338 e. The third-order valence-corrected chi connectivity index (χ3v) is 7.45. The van der Waals surface area contributed by atoms with Gasteiger partial charge in [0.25, 0.3) is 15.8 Å². The predicted octanol–water partition coefficient (Wildman–Crippen LogP) is 6.01. The van der Waals surface area contributed by atoms with Gasteiger partial charge in [0.05, 0.1) is 17.6 Å². The van der Waals surface area contributed by atoms with Crippen molar-refractivity contribution in [3.8, 4) is 5.75 Å². The highest BCUT2D eigenvalue weighted by Gasteiger charge is 2.14. The summed E-state index contributed by atoms with van der Waals surface area (Å²) in [5.41, 5.74) is 5.25. The van der Waals surface area contributed by atoms with Crippen LogP contribution in [0.5, 0.6) is 5.75 Å². The molecule has 0 saturated carbocycles. The van der Waals surface area contributed by atoms with Gasteiger partial charge in [-0.3, -0.25) is 19.6 Å². The molecule has 43 heavy (non-hydrogen) atoms. The van der Waals surface area contributed by atoms with Gasteiger partial charge in [-0.15, -0.1) is 0 Å². The molecule has 0 spiro atoms. The second-order valence-corrected chi connectivity index (χ2v) is 11.1. The number of nitro groups is 1. The van der Waals surface area contributed by atoms with E-state index in [1.54, 1.807) is 31.4 Å². The summed E-state index contributed by atoms with van der Waals surface area (Å²) in [6, 6.07) is 28.0. The molecule has 0 aliphatic rings. The normalized spacial score (nSPS) is 10.9. The molecule has 10 nitrogen and oxygen atoms in total. The van der Waals surface area contributed by atoms with E-state index < -0.39 is 19.9 Å². The minimum atomic E-state index is -4.36. The highest BCUT2D eigenvalue weighted by atomic mass is 32.2. The number of carbonyl (C=O) groups excluding carboxylic acids is 1. The number of methoxy groups -OCH3 is 1. The Morgan fingerprint density at radius 1 is 0.860 bits per heavy atom. The van der Waals surface area contributed by atoms with Crippen LogP contribution in [0.15, 0.2) is 102 Å². The van der Waals surface area contributed by atoms with E-state index in [-0.39, 0.29) is 11.7 Å². The van der Waals surface area contributed by atoms with Crippen LogP contribution in [0.25, 0.3) is 0 Å². The number of esters is 1. The van der Waals surface area contributed by atoms with E-state index in [9.17, 15) is 23.3 Å². The molecule has 4 aromatic rings. The van der Waals surface area contributed by atoms with Gasteiger partial charge in [-0.1, -0.05) is 54.6 Å². The number of rotatable bonds is 11. The van der Waals surface area contributed by atoms with Crippen LogP contribution in [0.3, 0.4) is 0 Å². The summed E-state index contributed by atoms with van der Waals surface area (Å²) in [6.07, 6.45) is 0. The third-order valence-electron chi connectivity index (χ3n) is 6.60. The number of carbonyl (C=O) groups is 1. The maximum atomic E-state index is 12.4. The van der Waals surface area contributed by atoms with Gasteiger partial charge in [-0.05, 0) is 66.4 Å². The zero-order valence-electron chi connectivity index (χ0n) is 24.2. The molecule has 1 N–H and O–H groups in total. The van der Waals surface area contributed by atoms with Crippen molar-refractivity contribution in [2.45, 2.75) is 31.8 Å². The maximum absolute atomic E-state index is 12.4. The summed E-state index contributed by atoms with van der Waals surface area (Å²) < 4.78 is 40.3. The molecule has 4 rings (SSSR count). The lowest BCUT2D eigenvalue weighted by atomic mass is 10.1. The van der Waals surface area contributed by atoms with E-state index in [1.807, 2.05) is 0 Å². The second kappa shape index (κ2) is 15.6. The van der Waals surface area contributed by atoms with E-state index in [0.29, 0.717) is 24.5 Å². The largest absolute Gasteiger partial charge is 0.497 e. The summed E-state index contributed by atoms with van der Waals surface area (Å²) in [5, 5.41) is 10.2. The molecule has 0 heterocycles. The van der Waals surface area contributed by atoms with Crippen LogP contribution < -0.4 is 4.74 Å². The van der Waals surface area contributed by atoms with E-state index in [0.717, 1.165) is 31.3 Å². The topological polar surface area (TPSA) is 136 Å². The van der Waals surface area contributed by atoms with Gasteiger partial charge in [-0.2, -0.15) is 8.42 Å². The molecule has 226 valence electrons. The molecule has 11 heteroatoms. The van der Waals surface area contributed by atoms with Crippen LogP contribution in [0.2, 0.25) is 0 Å². The van der Waals surface area contributed by atoms with Gasteiger partial charge in [0, 0.05) is 31.8 Å². The molecule has 4 aromatic carbocycles. The first-order chi connectivity index (χ1) is 20.5. The Morgan fingerprint density at radius 2 is 1.42 bits per heavy atom. The molecule has 0 bridgehead atoms. The van der Waals surface area contributed by atoms with E-state index in [2.05, 4.69) is 67.3 Å². The fraction of sp³-hybridized carbons (Fsp3) is 0.219. The van der Waals surface area contributed by atoms with Crippen molar-refractivity contribution in [1.82, 2.24) is 4.90 Å². The standard InChI is InChI=1S/C26H29NO3.C6H5NO5S/c1-20-8-4-6-10-23(20)18-27(19-24-11-7-5-9-21(24)2)16-17-30-26(28)22-12-14-25(29-3)15-13-22;8-7(9)5-2-1-3-6(4-5)13(10,11)12/h4-15H,16-19H2,1-3H3;1-4H,(H,10,11,12). The smallest absolute Gasteiger partial charge is 0.338 e. The Hall–Kier alpha value is -4.58. The van der Waals surface area contributed by atoms with Crippen molar-refractivity contribution in [2.75, 3.05) is 20.3 Å². The summed E-state index contributed by atoms with van der Waals surface area (Å²) in [4.78, 5) is 23.7. The van der Waals surface area contributed by atoms with Gasteiger partial charge in [-0.25, -0.2) is 4.79 Å². The van der Waals surface area contributed by atoms with Crippen molar-refractivity contribution in [3.63, 3.8) is 0 Å². The lowest BCUT2D eigenvalue weighted by Crippen LogP contribution is -2.28. The quantitative estimate of drug-likeness (QED) is 0.0941. The monoisotopic (exact) mass is 606 g/mol. The zero-order chi connectivity index (χ0) is 31.4. The van der Waals surface area contributed by atoms with Crippen molar-refractivity contribution in [1.29, 1.82) is 0 Å². The molecule has 0 radical (unpaired) electrons. The van der Waals surface area contributed by atoms with Crippen molar-refractivity contribution in [2.24, 2.45) is 0 Å². The van der Waals surface area contributed by atoms with E-state index in [4.69, 9.17) is 14.0 Å². The minimum absolute atomic E-state index is 0.315. The summed E-state index contributed by atoms with van der Waals surface area (Å²) >= 11 is 0. The fourth-order valence-electron chi connectivity index (χ4n) is 4.11. The highest BCUT2D eigenvalue weighted by molar-refractivity contribution is 7.85. The average Bonchev–Trinajstić information content (AvgIpc) is 2.99. The fourth-order valence-corrected chi connectivity index (χ4v) is 4.63. The minimum Gasteiger partial charge on any atom is -0.497 e. The highest BCUT2D eigenvalue weighted by Crippen LogP contribution is 2.18. The lowest BCUT2D eigenvalue weighted by molar-refractivity contribution is -0.385. The number of ether oxygens (including phenoxy) is 2. The number of hydrogen-bond donors (Lipinski definition) is 1. The molecule has 0 aromatic heterocycles. The van der Waals surface area contributed by atoms with Crippen LogP contribution in [0, 0.1) is 24.0 Å². The summed E-state index contributed by atoms with van der Waals surface area (Å²) in [5.74, 6) is 0.401. The van der Waals surface area contributed by atoms with Gasteiger partial charge in [0.1, 0.15) is 17.3 Å². The number of benzene rings is 4. The van der Waals surface area contributed by atoms with Crippen LogP contribution in [-0.2, 0) is 27.9 Å². The molecule has 0 atom stereocenters. The van der Waals surface area contributed by atoms with Crippen LogP contribution in [-0.4, -0.2) is 49.0 Å². The van der Waals surface area contributed by atoms with Gasteiger partial charge in [0.2, 0.25) is 0 Å². The first kappa shape index (κ1) is 32.9. The Balaban J connectivity index is 0.000000326. The van der Waals surface area contributed by atoms with Gasteiger partial charge >= 0.3 is 5.97 Å². The average molecular weight is 607 g/mol. The van der Waals surface area contributed by atoms with E-state index in [1.165, 1.54) is 28.3 Å². The zero-order valence-corrected chi connectivity index (χ0v) is 25.0. The molecule has 0 aliphatic carbocycles. The Labute approximate surface area is 251 Å². The van der Waals surface area contributed by atoms with Gasteiger partial charge < -0.3 is 9.47 Å². The molecular weight excluding hydrogens is 572 g/mol. The number of nitro benzene ring substituents is 1. The summed E-state index contributed by atoms with van der Waals surface area (Å²) in [6.45, 7) is 6.87. The number of hydrogen-bond acceptors (Lipinski definition) is 8. The Kier molecular flexibility index (Phi) is 11.9. The lowest BCUT2D eigenvalue weighted by Gasteiger charge is -2.24. The number of aryl methyl sites for hydroxylation is 2. The molecule has 0 fully saturated rings. The number of non-ortho nitro benzene ring substituents is 1. The van der Waals surface area contributed by atoms with Gasteiger partial charge in [0.15, 0.2) is 0 Å². The Bertz CT molecular complexity index is 1590. The first-order valence-electron chi connectivity index (χ1n) is 13.3. The second-order valence-electron chi connectivity index (χ2n) is 9.66. The van der Waals surface area contributed by atoms with Crippen molar-refractivity contribution in [3.05, 3.63) is 135 Å². The van der Waals surface area contributed by atoms with Crippen LogP contribution in [0.1, 0.15) is 32.6 Å². The van der Waals surface area contributed by atoms with E-state index >= 15 is 0 Å². The molecule has 0 amide bonds. The Morgan fingerprint density at radius 3 is 1.91 bits per heavy atom. The predicted molar refractivity (Wildman–Crippen MR) is 163 cm³/mol.